The number of fused-ring (bicyclic) bond motifs is 2. The van der Waals surface area contributed by atoms with Crippen LogP contribution in [-0.4, -0.2) is 34.1 Å². The van der Waals surface area contributed by atoms with Gasteiger partial charge in [0.05, 0.1) is 6.10 Å². The lowest BCUT2D eigenvalue weighted by atomic mass is 9.98. The summed E-state index contributed by atoms with van der Waals surface area (Å²) < 4.78 is 0. The molecule has 2 fully saturated rings. The molecule has 104 valence electrons. The molecule has 3 N–H and O–H groups in total. The van der Waals surface area contributed by atoms with Crippen LogP contribution in [0.25, 0.3) is 0 Å². The summed E-state index contributed by atoms with van der Waals surface area (Å²) in [4.78, 5) is 14.5. The van der Waals surface area contributed by atoms with E-state index in [1.807, 2.05) is 4.90 Å². The van der Waals surface area contributed by atoms with Crippen molar-refractivity contribution in [2.45, 2.75) is 43.9 Å². The molecular formula is C14H19ClN2O2. The molecule has 2 heterocycles. The fourth-order valence-electron chi connectivity index (χ4n) is 3.25. The Morgan fingerprint density at radius 3 is 2.21 bits per heavy atom. The first kappa shape index (κ1) is 14.2. The van der Waals surface area contributed by atoms with Crippen molar-refractivity contribution in [1.82, 2.24) is 4.90 Å². The van der Waals surface area contributed by atoms with E-state index in [2.05, 4.69) is 0 Å². The van der Waals surface area contributed by atoms with Gasteiger partial charge in [0.15, 0.2) is 0 Å². The van der Waals surface area contributed by atoms with Crippen LogP contribution in [0, 0.1) is 0 Å². The van der Waals surface area contributed by atoms with Crippen LogP contribution in [0.2, 0.25) is 0 Å². The molecule has 0 aromatic heterocycles. The monoisotopic (exact) mass is 282 g/mol. The second kappa shape index (κ2) is 5.39. The molecule has 0 saturated carbocycles. The minimum Gasteiger partial charge on any atom is -0.399 e. The van der Waals surface area contributed by atoms with E-state index < -0.39 is 0 Å². The van der Waals surface area contributed by atoms with Gasteiger partial charge in [-0.2, -0.15) is 0 Å². The highest BCUT2D eigenvalue weighted by Gasteiger charge is 2.42. The van der Waals surface area contributed by atoms with Gasteiger partial charge in [0.2, 0.25) is 0 Å². The predicted molar refractivity (Wildman–Crippen MR) is 76.3 cm³/mol. The quantitative estimate of drug-likeness (QED) is 0.772. The maximum absolute atomic E-state index is 12.5. The van der Waals surface area contributed by atoms with Crippen molar-refractivity contribution in [3.05, 3.63) is 29.8 Å². The van der Waals surface area contributed by atoms with Crippen LogP contribution in [0.1, 0.15) is 36.0 Å². The number of aliphatic hydroxyl groups is 1. The topological polar surface area (TPSA) is 66.6 Å². The van der Waals surface area contributed by atoms with Crippen LogP contribution < -0.4 is 5.73 Å². The van der Waals surface area contributed by atoms with Gasteiger partial charge in [-0.25, -0.2) is 0 Å². The minimum atomic E-state index is -0.238. The maximum atomic E-state index is 12.5. The number of rotatable bonds is 1. The third-order valence-electron chi connectivity index (χ3n) is 4.10. The first-order valence-electron chi connectivity index (χ1n) is 6.51. The van der Waals surface area contributed by atoms with Crippen molar-refractivity contribution in [3.63, 3.8) is 0 Å². The molecule has 1 aromatic carbocycles. The van der Waals surface area contributed by atoms with Gasteiger partial charge >= 0.3 is 0 Å². The van der Waals surface area contributed by atoms with Crippen molar-refractivity contribution < 1.29 is 9.90 Å². The molecule has 5 heteroatoms. The van der Waals surface area contributed by atoms with Crippen LogP contribution in [0.5, 0.6) is 0 Å². The Balaban J connectivity index is 0.00000133. The molecule has 0 spiro atoms. The normalized spacial score (nSPS) is 28.9. The smallest absolute Gasteiger partial charge is 0.254 e. The summed E-state index contributed by atoms with van der Waals surface area (Å²) in [6, 6.07) is 7.50. The van der Waals surface area contributed by atoms with Gasteiger partial charge in [0.25, 0.3) is 5.91 Å². The van der Waals surface area contributed by atoms with Gasteiger partial charge in [-0.1, -0.05) is 0 Å². The average molecular weight is 283 g/mol. The molecule has 2 aliphatic rings. The number of carbonyl (C=O) groups excluding carboxylic acids is 1. The number of nitrogen functional groups attached to an aromatic ring is 1. The highest BCUT2D eigenvalue weighted by Crippen LogP contribution is 2.36. The molecule has 1 aromatic rings. The fourth-order valence-corrected chi connectivity index (χ4v) is 3.25. The van der Waals surface area contributed by atoms with Gasteiger partial charge in [-0.05, 0) is 49.9 Å². The van der Waals surface area contributed by atoms with E-state index in [-0.39, 0.29) is 36.5 Å². The Kier molecular flexibility index (Phi) is 4.02. The third-order valence-corrected chi connectivity index (χ3v) is 4.10. The van der Waals surface area contributed by atoms with E-state index in [4.69, 9.17) is 5.73 Å². The number of halogens is 1. The van der Waals surface area contributed by atoms with Gasteiger partial charge < -0.3 is 15.7 Å². The summed E-state index contributed by atoms with van der Waals surface area (Å²) in [5.74, 6) is 0.0781. The highest BCUT2D eigenvalue weighted by atomic mass is 35.5. The second-order valence-corrected chi connectivity index (χ2v) is 5.34. The lowest BCUT2D eigenvalue weighted by Crippen LogP contribution is -2.47. The van der Waals surface area contributed by atoms with E-state index in [1.165, 1.54) is 0 Å². The van der Waals surface area contributed by atoms with Crippen LogP contribution >= 0.6 is 12.4 Å². The fraction of sp³-hybridized carbons (Fsp3) is 0.500. The van der Waals surface area contributed by atoms with E-state index in [9.17, 15) is 9.90 Å². The standard InChI is InChI=1S/C14H18N2O2.ClH/c15-10-3-1-9(2-4-10)14(18)16-11-5-6-12(16)8-13(17)7-11;/h1-4,11-13,17H,5-8,15H2;1H. The lowest BCUT2D eigenvalue weighted by molar-refractivity contribution is 0.0287. The number of nitrogens with two attached hydrogens (primary N) is 1. The number of benzene rings is 1. The van der Waals surface area contributed by atoms with Crippen LogP contribution in [0.15, 0.2) is 24.3 Å². The molecule has 19 heavy (non-hydrogen) atoms. The first-order chi connectivity index (χ1) is 8.65. The Labute approximate surface area is 119 Å². The van der Waals surface area contributed by atoms with Crippen LogP contribution in [-0.2, 0) is 0 Å². The SMILES string of the molecule is Cl.Nc1ccc(C(=O)N2C3CCC2CC(O)C3)cc1. The maximum Gasteiger partial charge on any atom is 0.254 e. The summed E-state index contributed by atoms with van der Waals surface area (Å²) in [5, 5.41) is 9.74. The molecule has 0 aliphatic carbocycles. The van der Waals surface area contributed by atoms with E-state index in [1.54, 1.807) is 24.3 Å². The van der Waals surface area contributed by atoms with Crippen molar-refractivity contribution in [2.75, 3.05) is 5.73 Å². The number of hydrogen-bond donors (Lipinski definition) is 2. The van der Waals surface area contributed by atoms with E-state index in [0.717, 1.165) is 25.7 Å². The zero-order chi connectivity index (χ0) is 12.7. The number of aliphatic hydroxyl groups excluding tert-OH is 1. The van der Waals surface area contributed by atoms with Crippen molar-refractivity contribution in [2.24, 2.45) is 0 Å². The molecular weight excluding hydrogens is 264 g/mol. The number of amides is 1. The number of anilines is 1. The Morgan fingerprint density at radius 1 is 1.16 bits per heavy atom. The molecule has 2 bridgehead atoms. The van der Waals surface area contributed by atoms with Crippen molar-refractivity contribution in [1.29, 1.82) is 0 Å². The summed E-state index contributed by atoms with van der Waals surface area (Å²) in [6.45, 7) is 0. The summed E-state index contributed by atoms with van der Waals surface area (Å²) in [5.41, 5.74) is 6.99. The lowest BCUT2D eigenvalue weighted by Gasteiger charge is -2.37. The molecule has 2 saturated heterocycles. The third kappa shape index (κ3) is 2.55. The molecule has 2 unspecified atom stereocenters. The number of carbonyl (C=O) groups is 1. The Bertz CT molecular complexity index is 449. The number of nitrogens with zero attached hydrogens (tertiary/aromatic N) is 1. The predicted octanol–water partition coefficient (Wildman–Crippen LogP) is 1.82. The number of hydrogen-bond acceptors (Lipinski definition) is 3. The summed E-state index contributed by atoms with van der Waals surface area (Å²) in [6.07, 6.45) is 3.23. The summed E-state index contributed by atoms with van der Waals surface area (Å²) in [7, 11) is 0. The van der Waals surface area contributed by atoms with E-state index >= 15 is 0 Å². The van der Waals surface area contributed by atoms with Crippen molar-refractivity contribution in [3.8, 4) is 0 Å². The van der Waals surface area contributed by atoms with Crippen LogP contribution in [0.3, 0.4) is 0 Å². The molecule has 4 nitrogen and oxygen atoms in total. The van der Waals surface area contributed by atoms with Gasteiger partial charge in [-0.15, -0.1) is 12.4 Å². The van der Waals surface area contributed by atoms with Crippen LogP contribution in [0.4, 0.5) is 5.69 Å². The highest BCUT2D eigenvalue weighted by molar-refractivity contribution is 5.95. The minimum absolute atomic E-state index is 0. The van der Waals surface area contributed by atoms with E-state index in [0.29, 0.717) is 11.3 Å². The Hall–Kier alpha value is -1.26. The molecule has 2 aliphatic heterocycles. The molecule has 3 rings (SSSR count). The molecule has 0 radical (unpaired) electrons. The van der Waals surface area contributed by atoms with Gasteiger partial charge in [-0.3, -0.25) is 4.79 Å². The summed E-state index contributed by atoms with van der Waals surface area (Å²) >= 11 is 0. The first-order valence-corrected chi connectivity index (χ1v) is 6.51. The molecule has 1 amide bonds. The van der Waals surface area contributed by atoms with Crippen molar-refractivity contribution >= 4 is 24.0 Å². The number of piperidine rings is 1. The van der Waals surface area contributed by atoms with Gasteiger partial charge in [0, 0.05) is 23.3 Å². The zero-order valence-electron chi connectivity index (χ0n) is 10.7. The Morgan fingerprint density at radius 2 is 1.68 bits per heavy atom. The van der Waals surface area contributed by atoms with Gasteiger partial charge in [0.1, 0.15) is 0 Å². The largest absolute Gasteiger partial charge is 0.399 e. The average Bonchev–Trinajstić information content (AvgIpc) is 2.62. The molecule has 2 atom stereocenters. The second-order valence-electron chi connectivity index (χ2n) is 5.34. The zero-order valence-corrected chi connectivity index (χ0v) is 11.5.